The Morgan fingerprint density at radius 2 is 2.07 bits per heavy atom. The minimum atomic E-state index is -4.49. The molecule has 1 atom stereocenters. The summed E-state index contributed by atoms with van der Waals surface area (Å²) in [6.45, 7) is 0.842. The molecular weight excluding hydrogens is 215 g/mol. The predicted molar refractivity (Wildman–Crippen MR) is 46.4 cm³/mol. The first-order valence-corrected chi connectivity index (χ1v) is 4.31. The Labute approximate surface area is 85.7 Å². The lowest BCUT2D eigenvalue weighted by Crippen LogP contribution is -2.32. The second-order valence-electron chi connectivity index (χ2n) is 3.13. The van der Waals surface area contributed by atoms with E-state index in [1.807, 2.05) is 0 Å². The van der Waals surface area contributed by atoms with Crippen LogP contribution in [0.2, 0.25) is 0 Å². The second kappa shape index (κ2) is 6.49. The molecule has 0 aromatic heterocycles. The van der Waals surface area contributed by atoms with Crippen LogP contribution in [0, 0.1) is 5.92 Å². The van der Waals surface area contributed by atoms with Gasteiger partial charge in [0.1, 0.15) is 0 Å². The number of rotatable bonds is 5. The molecule has 0 rings (SSSR count). The number of amides is 1. The van der Waals surface area contributed by atoms with Gasteiger partial charge in [-0.1, -0.05) is 6.92 Å². The minimum Gasteiger partial charge on any atom is -0.440 e. The number of alkyl carbamates (subject to hydrolysis) is 1. The van der Waals surface area contributed by atoms with E-state index in [2.05, 4.69) is 10.1 Å². The van der Waals surface area contributed by atoms with Gasteiger partial charge in [0, 0.05) is 13.7 Å². The third-order valence-corrected chi connectivity index (χ3v) is 1.41. The highest BCUT2D eigenvalue weighted by atomic mass is 19.4. The van der Waals surface area contributed by atoms with Crippen molar-refractivity contribution in [2.45, 2.75) is 13.1 Å². The summed E-state index contributed by atoms with van der Waals surface area (Å²) in [5, 5.41) is 2.20. The summed E-state index contributed by atoms with van der Waals surface area (Å²) in [7, 11) is 1.50. The summed E-state index contributed by atoms with van der Waals surface area (Å²) < 4.78 is 43.5. The molecule has 0 aliphatic heterocycles. The first-order valence-electron chi connectivity index (χ1n) is 4.31. The molecule has 0 bridgehead atoms. The van der Waals surface area contributed by atoms with Crippen LogP contribution in [0.25, 0.3) is 0 Å². The van der Waals surface area contributed by atoms with Crippen LogP contribution in [0.4, 0.5) is 18.0 Å². The zero-order chi connectivity index (χ0) is 11.9. The largest absolute Gasteiger partial charge is 0.440 e. The fourth-order valence-electron chi connectivity index (χ4n) is 0.799. The minimum absolute atomic E-state index is 0.0217. The van der Waals surface area contributed by atoms with E-state index in [0.717, 1.165) is 0 Å². The summed E-state index contributed by atoms with van der Waals surface area (Å²) in [6.07, 6.45) is -5.56. The van der Waals surface area contributed by atoms with Crippen LogP contribution in [0.3, 0.4) is 0 Å². The van der Waals surface area contributed by atoms with Crippen molar-refractivity contribution in [3.8, 4) is 0 Å². The Morgan fingerprint density at radius 3 is 2.53 bits per heavy atom. The predicted octanol–water partition coefficient (Wildman–Crippen LogP) is 1.56. The van der Waals surface area contributed by atoms with E-state index in [0.29, 0.717) is 6.61 Å². The smallest absolute Gasteiger partial charge is 0.422 e. The number of halogens is 3. The summed E-state index contributed by atoms with van der Waals surface area (Å²) >= 11 is 0. The van der Waals surface area contributed by atoms with Gasteiger partial charge in [0.25, 0.3) is 0 Å². The molecule has 7 heteroatoms. The van der Waals surface area contributed by atoms with Gasteiger partial charge in [0.15, 0.2) is 6.61 Å². The SMILES string of the molecule is COCC(C)CNC(=O)OCC(F)(F)F. The van der Waals surface area contributed by atoms with E-state index in [4.69, 9.17) is 4.74 Å². The van der Waals surface area contributed by atoms with Gasteiger partial charge in [0.2, 0.25) is 0 Å². The molecule has 0 aromatic rings. The molecule has 0 aromatic carbocycles. The number of methoxy groups -OCH3 is 1. The van der Waals surface area contributed by atoms with Gasteiger partial charge in [-0.2, -0.15) is 13.2 Å². The van der Waals surface area contributed by atoms with Crippen LogP contribution >= 0.6 is 0 Å². The van der Waals surface area contributed by atoms with Crippen LogP contribution in [0.15, 0.2) is 0 Å². The molecule has 1 unspecified atom stereocenters. The molecule has 15 heavy (non-hydrogen) atoms. The maximum Gasteiger partial charge on any atom is 0.422 e. The Kier molecular flexibility index (Phi) is 6.07. The number of ether oxygens (including phenoxy) is 2. The Bertz CT molecular complexity index is 196. The zero-order valence-corrected chi connectivity index (χ0v) is 8.56. The monoisotopic (exact) mass is 229 g/mol. The van der Waals surface area contributed by atoms with E-state index >= 15 is 0 Å². The molecule has 4 nitrogen and oxygen atoms in total. The van der Waals surface area contributed by atoms with E-state index in [9.17, 15) is 18.0 Å². The van der Waals surface area contributed by atoms with Gasteiger partial charge in [-0.3, -0.25) is 0 Å². The average Bonchev–Trinajstić information content (AvgIpc) is 2.11. The van der Waals surface area contributed by atoms with Crippen molar-refractivity contribution in [3.05, 3.63) is 0 Å². The number of carbonyl (C=O) groups is 1. The van der Waals surface area contributed by atoms with Gasteiger partial charge in [-0.05, 0) is 5.92 Å². The van der Waals surface area contributed by atoms with Crippen LogP contribution in [-0.2, 0) is 9.47 Å². The van der Waals surface area contributed by atoms with E-state index in [-0.39, 0.29) is 12.5 Å². The molecule has 1 amide bonds. The van der Waals surface area contributed by atoms with Gasteiger partial charge in [0.05, 0.1) is 6.61 Å². The number of nitrogens with one attached hydrogen (secondary N) is 1. The van der Waals surface area contributed by atoms with Crippen LogP contribution < -0.4 is 5.32 Å². The fourth-order valence-corrected chi connectivity index (χ4v) is 0.799. The van der Waals surface area contributed by atoms with Gasteiger partial charge < -0.3 is 14.8 Å². The maximum atomic E-state index is 11.6. The van der Waals surface area contributed by atoms with Gasteiger partial charge in [-0.15, -0.1) is 0 Å². The topological polar surface area (TPSA) is 47.6 Å². The molecule has 0 heterocycles. The third kappa shape index (κ3) is 9.33. The molecule has 0 spiro atoms. The van der Waals surface area contributed by atoms with Crippen molar-refractivity contribution in [2.24, 2.45) is 5.92 Å². The highest BCUT2D eigenvalue weighted by Gasteiger charge is 2.29. The standard InChI is InChI=1S/C8H14F3NO3/c1-6(4-14-2)3-12-7(13)15-5-8(9,10)11/h6H,3-5H2,1-2H3,(H,12,13). The van der Waals surface area contributed by atoms with E-state index < -0.39 is 18.9 Å². The number of hydrogen-bond acceptors (Lipinski definition) is 3. The van der Waals surface area contributed by atoms with E-state index in [1.165, 1.54) is 7.11 Å². The van der Waals surface area contributed by atoms with Crippen LogP contribution in [0.5, 0.6) is 0 Å². The lowest BCUT2D eigenvalue weighted by atomic mass is 10.2. The van der Waals surface area contributed by atoms with Crippen molar-refractivity contribution in [2.75, 3.05) is 26.9 Å². The Morgan fingerprint density at radius 1 is 1.47 bits per heavy atom. The van der Waals surface area contributed by atoms with Crippen molar-refractivity contribution in [3.63, 3.8) is 0 Å². The fraction of sp³-hybridized carbons (Fsp3) is 0.875. The molecule has 0 saturated carbocycles. The van der Waals surface area contributed by atoms with Crippen molar-refractivity contribution >= 4 is 6.09 Å². The first-order chi connectivity index (χ1) is 6.85. The molecular formula is C8H14F3NO3. The molecule has 0 saturated heterocycles. The summed E-state index contributed by atoms with van der Waals surface area (Å²) in [5.41, 5.74) is 0. The number of hydrogen-bond donors (Lipinski definition) is 1. The molecule has 90 valence electrons. The Hall–Kier alpha value is -0.980. The molecule has 1 N–H and O–H groups in total. The van der Waals surface area contributed by atoms with E-state index in [1.54, 1.807) is 6.92 Å². The number of carbonyl (C=O) groups excluding carboxylic acids is 1. The average molecular weight is 229 g/mol. The van der Waals surface area contributed by atoms with Crippen molar-refractivity contribution in [1.82, 2.24) is 5.32 Å². The number of alkyl halides is 3. The van der Waals surface area contributed by atoms with Crippen molar-refractivity contribution in [1.29, 1.82) is 0 Å². The quantitative estimate of drug-likeness (QED) is 0.778. The van der Waals surface area contributed by atoms with Crippen LogP contribution in [0.1, 0.15) is 6.92 Å². The normalized spacial score (nSPS) is 13.4. The molecule has 0 aliphatic carbocycles. The lowest BCUT2D eigenvalue weighted by molar-refractivity contribution is -0.160. The highest BCUT2D eigenvalue weighted by molar-refractivity contribution is 5.67. The molecule has 0 fully saturated rings. The van der Waals surface area contributed by atoms with Crippen LogP contribution in [-0.4, -0.2) is 39.1 Å². The third-order valence-electron chi connectivity index (χ3n) is 1.41. The van der Waals surface area contributed by atoms with Gasteiger partial charge in [-0.25, -0.2) is 4.79 Å². The summed E-state index contributed by atoms with van der Waals surface area (Å²) in [4.78, 5) is 10.7. The second-order valence-corrected chi connectivity index (χ2v) is 3.13. The zero-order valence-electron chi connectivity index (χ0n) is 8.56. The first kappa shape index (κ1) is 14.0. The molecule has 0 aliphatic rings. The lowest BCUT2D eigenvalue weighted by Gasteiger charge is -2.12. The maximum absolute atomic E-state index is 11.6. The summed E-state index contributed by atoms with van der Waals surface area (Å²) in [5.74, 6) is 0.0217. The summed E-state index contributed by atoms with van der Waals surface area (Å²) in [6, 6.07) is 0. The molecule has 0 radical (unpaired) electrons. The Balaban J connectivity index is 3.58. The van der Waals surface area contributed by atoms with Crippen molar-refractivity contribution < 1.29 is 27.4 Å². The van der Waals surface area contributed by atoms with Gasteiger partial charge >= 0.3 is 12.3 Å². The highest BCUT2D eigenvalue weighted by Crippen LogP contribution is 2.14.